The Hall–Kier alpha value is 1.42. The maximum absolute atomic E-state index is 5.56. The molecule has 0 aliphatic rings. The van der Waals surface area contributed by atoms with Crippen LogP contribution in [0.5, 0.6) is 0 Å². The number of halogens is 2. The van der Waals surface area contributed by atoms with Crippen molar-refractivity contribution in [3.63, 3.8) is 0 Å². The van der Waals surface area contributed by atoms with Gasteiger partial charge in [0, 0.05) is 0 Å². The monoisotopic (exact) mass is 342 g/mol. The summed E-state index contributed by atoms with van der Waals surface area (Å²) < 4.78 is 4.04. The van der Waals surface area contributed by atoms with E-state index in [0.29, 0.717) is 21.2 Å². The molecular formula is C5H14I2N-. The summed E-state index contributed by atoms with van der Waals surface area (Å²) in [5.74, 6) is 0. The molecule has 3 heteroatoms. The minimum absolute atomic E-state index is 0.518. The van der Waals surface area contributed by atoms with Crippen LogP contribution in [0.25, 0.3) is 0 Å². The topological polar surface area (TPSA) is 26.0 Å². The van der Waals surface area contributed by atoms with Gasteiger partial charge < -0.3 is 0 Å². The Morgan fingerprint density at radius 1 is 1.62 bits per heavy atom. The second-order valence-corrected chi connectivity index (χ2v) is 13.0. The van der Waals surface area contributed by atoms with Crippen LogP contribution >= 0.6 is 19.8 Å². The van der Waals surface area contributed by atoms with Crippen LogP contribution in [-0.2, 0) is 0 Å². The fraction of sp³-hybridized carbons (Fsp3) is 1.00. The van der Waals surface area contributed by atoms with Gasteiger partial charge in [0.2, 0.25) is 0 Å². The molecule has 0 saturated heterocycles. The van der Waals surface area contributed by atoms with E-state index in [1.807, 2.05) is 0 Å². The Kier molecular flexibility index (Phi) is 7.70. The Morgan fingerprint density at radius 3 is 2.38 bits per heavy atom. The molecule has 0 aromatic rings. The molecule has 0 saturated carbocycles. The number of hydrogen-bond acceptors (Lipinski definition) is 1. The molecule has 0 rings (SSSR count). The van der Waals surface area contributed by atoms with Crippen LogP contribution in [-0.4, -0.2) is 16.3 Å². The van der Waals surface area contributed by atoms with E-state index in [0.717, 1.165) is 4.55 Å². The number of alkyl halides is 5. The summed E-state index contributed by atoms with van der Waals surface area (Å²) in [7, 11) is 0. The second kappa shape index (κ2) is 6.54. The summed E-state index contributed by atoms with van der Waals surface area (Å²) in [5, 5.41) is 0. The fourth-order valence-corrected chi connectivity index (χ4v) is 12.2. The van der Waals surface area contributed by atoms with E-state index >= 15 is 0 Å². The van der Waals surface area contributed by atoms with Crippen molar-refractivity contribution in [1.82, 2.24) is 0 Å². The molecule has 0 aromatic heterocycles. The maximum atomic E-state index is 5.56. The Bertz CT molecular complexity index is 45.7. The Labute approximate surface area is 69.4 Å². The predicted octanol–water partition coefficient (Wildman–Crippen LogP) is -1.89. The molecular weight excluding hydrogens is 328 g/mol. The molecule has 8 heavy (non-hydrogen) atoms. The first-order valence-electron chi connectivity index (χ1n) is 2.56. The average molecular weight is 342 g/mol. The molecule has 0 aliphatic carbocycles. The molecule has 0 radical (unpaired) electrons. The molecule has 0 fully saturated rings. The van der Waals surface area contributed by atoms with Crippen LogP contribution in [0.2, 0.25) is 0 Å². The van der Waals surface area contributed by atoms with Gasteiger partial charge in [-0.1, -0.05) is 0 Å². The summed E-state index contributed by atoms with van der Waals surface area (Å²) in [4.78, 5) is 2.36. The summed E-state index contributed by atoms with van der Waals surface area (Å²) in [6.45, 7) is 2.29. The minimum atomic E-state index is -0.518. The van der Waals surface area contributed by atoms with Gasteiger partial charge in [-0.2, -0.15) is 0 Å². The SMILES string of the molecule is CCI(CN)C[I-]C. The quantitative estimate of drug-likeness (QED) is 0.361. The molecule has 1 nitrogen and oxygen atoms in total. The van der Waals surface area contributed by atoms with Gasteiger partial charge in [0.1, 0.15) is 0 Å². The molecule has 0 bridgehead atoms. The molecule has 0 unspecified atom stereocenters. The number of hydrogen-bond donors (Lipinski definition) is 1. The zero-order valence-electron chi connectivity index (χ0n) is 5.45. The van der Waals surface area contributed by atoms with Crippen molar-refractivity contribution in [2.75, 3.05) is 16.3 Å². The van der Waals surface area contributed by atoms with Gasteiger partial charge in [0.15, 0.2) is 0 Å². The van der Waals surface area contributed by atoms with E-state index < -0.39 is 19.8 Å². The van der Waals surface area contributed by atoms with Crippen molar-refractivity contribution in [2.45, 2.75) is 6.92 Å². The van der Waals surface area contributed by atoms with Crippen molar-refractivity contribution in [3.05, 3.63) is 0 Å². The first-order valence-corrected chi connectivity index (χ1v) is 10.8. The average Bonchev–Trinajstić information content (AvgIpc) is 1.83. The summed E-state index contributed by atoms with van der Waals surface area (Å²) in [5.41, 5.74) is 5.56. The van der Waals surface area contributed by atoms with Crippen molar-refractivity contribution in [1.29, 1.82) is 0 Å². The summed E-state index contributed by atoms with van der Waals surface area (Å²) in [6.07, 6.45) is 0. The zero-order chi connectivity index (χ0) is 6.41. The molecule has 0 spiro atoms. The Morgan fingerprint density at radius 2 is 2.25 bits per heavy atom. The number of rotatable bonds is 4. The molecule has 0 aliphatic heterocycles. The van der Waals surface area contributed by atoms with E-state index in [2.05, 4.69) is 11.9 Å². The van der Waals surface area contributed by atoms with E-state index in [1.165, 1.54) is 4.43 Å². The third kappa shape index (κ3) is 4.31. The molecule has 0 atom stereocenters. The van der Waals surface area contributed by atoms with Gasteiger partial charge in [0.25, 0.3) is 0 Å². The van der Waals surface area contributed by atoms with Crippen molar-refractivity contribution in [3.8, 4) is 0 Å². The van der Waals surface area contributed by atoms with Crippen LogP contribution in [0, 0.1) is 0 Å². The van der Waals surface area contributed by atoms with Gasteiger partial charge in [-0.25, -0.2) is 0 Å². The van der Waals surface area contributed by atoms with Gasteiger partial charge in [-0.3, -0.25) is 0 Å². The van der Waals surface area contributed by atoms with Gasteiger partial charge in [0.05, 0.1) is 0 Å². The van der Waals surface area contributed by atoms with Gasteiger partial charge in [-0.15, -0.1) is 0 Å². The van der Waals surface area contributed by atoms with Crippen LogP contribution in [0.3, 0.4) is 0 Å². The normalized spacial score (nSPS) is 12.1. The number of nitrogens with two attached hydrogens (primary N) is 1. The first-order chi connectivity index (χ1) is 3.85. The standard InChI is InChI=1S/C5H14I2N/c1-3-7(5-8)4-6-2/h3-5,8H2,1-2H3/q-1. The van der Waals surface area contributed by atoms with Gasteiger partial charge in [-0.05, 0) is 0 Å². The van der Waals surface area contributed by atoms with Crippen LogP contribution < -0.4 is 26.9 Å². The Balaban J connectivity index is 3.07. The van der Waals surface area contributed by atoms with Crippen LogP contribution in [0.15, 0.2) is 0 Å². The third-order valence-corrected chi connectivity index (χ3v) is 15.0. The van der Waals surface area contributed by atoms with Gasteiger partial charge >= 0.3 is 70.0 Å². The first kappa shape index (κ1) is 9.42. The molecule has 54 valence electrons. The molecule has 0 aromatic carbocycles. The fourth-order valence-electron chi connectivity index (χ4n) is 0.365. The zero-order valence-corrected chi connectivity index (χ0v) is 9.77. The van der Waals surface area contributed by atoms with E-state index in [9.17, 15) is 0 Å². The third-order valence-electron chi connectivity index (χ3n) is 0.840. The molecule has 0 heterocycles. The molecule has 0 amide bonds. The van der Waals surface area contributed by atoms with E-state index in [1.54, 1.807) is 2.43 Å². The van der Waals surface area contributed by atoms with Crippen molar-refractivity contribution in [2.24, 2.45) is 5.73 Å². The predicted molar refractivity (Wildman–Crippen MR) is 44.4 cm³/mol. The van der Waals surface area contributed by atoms with Crippen LogP contribution in [0.4, 0.5) is 0 Å². The van der Waals surface area contributed by atoms with Crippen molar-refractivity contribution < 1.29 is 21.2 Å². The summed E-state index contributed by atoms with van der Waals surface area (Å²) in [6, 6.07) is 0. The van der Waals surface area contributed by atoms with E-state index in [-0.39, 0.29) is 0 Å². The summed E-state index contributed by atoms with van der Waals surface area (Å²) >= 11 is 0.0260. The second-order valence-electron chi connectivity index (χ2n) is 1.36. The molecule has 2 N–H and O–H groups in total. The van der Waals surface area contributed by atoms with Crippen LogP contribution in [0.1, 0.15) is 6.92 Å². The van der Waals surface area contributed by atoms with E-state index in [4.69, 9.17) is 5.73 Å². The van der Waals surface area contributed by atoms with Crippen molar-refractivity contribution >= 4 is 19.8 Å².